The topological polar surface area (TPSA) is 90.1 Å². The van der Waals surface area contributed by atoms with Gasteiger partial charge in [-0.25, -0.2) is 4.68 Å². The van der Waals surface area contributed by atoms with Crippen LogP contribution in [0, 0.1) is 6.92 Å². The highest BCUT2D eigenvalue weighted by molar-refractivity contribution is 5.79. The molecular weight excluding hydrogens is 356 g/mol. The summed E-state index contributed by atoms with van der Waals surface area (Å²) in [5, 5.41) is 13.6. The molecule has 148 valence electrons. The first kappa shape index (κ1) is 18.8. The fourth-order valence-corrected chi connectivity index (χ4v) is 3.87. The number of aryl methyl sites for hydroxylation is 1. The van der Waals surface area contributed by atoms with E-state index in [-0.39, 0.29) is 17.1 Å². The maximum atomic E-state index is 13.1. The van der Waals surface area contributed by atoms with E-state index in [9.17, 15) is 4.79 Å². The van der Waals surface area contributed by atoms with Crippen molar-refractivity contribution in [2.24, 2.45) is 0 Å². The maximum Gasteiger partial charge on any atom is 0.258 e. The van der Waals surface area contributed by atoms with Crippen molar-refractivity contribution >= 4 is 10.9 Å². The summed E-state index contributed by atoms with van der Waals surface area (Å²) >= 11 is 0. The number of rotatable bonds is 3. The second kappa shape index (κ2) is 7.10. The second-order valence-electron chi connectivity index (χ2n) is 8.47. The van der Waals surface area contributed by atoms with Crippen molar-refractivity contribution < 1.29 is 9.64 Å². The lowest BCUT2D eigenvalue weighted by molar-refractivity contribution is -0.934. The Hall–Kier alpha value is -2.58. The molecule has 0 unspecified atom stereocenters. The maximum absolute atomic E-state index is 13.1. The number of aromatic nitrogens is 5. The number of pyridine rings is 1. The van der Waals surface area contributed by atoms with Gasteiger partial charge in [-0.1, -0.05) is 11.6 Å². The number of hydrogen-bond donors (Lipinski definition) is 2. The number of fused-ring (bicyclic) bond motifs is 1. The van der Waals surface area contributed by atoms with Gasteiger partial charge in [-0.05, 0) is 61.7 Å². The first-order valence-corrected chi connectivity index (χ1v) is 9.69. The van der Waals surface area contributed by atoms with Gasteiger partial charge in [0.1, 0.15) is 13.1 Å². The van der Waals surface area contributed by atoms with Gasteiger partial charge in [-0.2, -0.15) is 0 Å². The van der Waals surface area contributed by atoms with E-state index in [0.29, 0.717) is 24.6 Å². The van der Waals surface area contributed by atoms with Gasteiger partial charge < -0.3 is 14.6 Å². The number of benzene rings is 1. The van der Waals surface area contributed by atoms with Gasteiger partial charge in [0.25, 0.3) is 5.56 Å². The minimum atomic E-state index is -0.289. The van der Waals surface area contributed by atoms with Crippen LogP contribution in [0.1, 0.15) is 43.8 Å². The Morgan fingerprint density at radius 2 is 1.96 bits per heavy atom. The molecule has 0 aliphatic carbocycles. The number of quaternary nitrogens is 1. The van der Waals surface area contributed by atoms with Crippen molar-refractivity contribution in [3.8, 4) is 0 Å². The van der Waals surface area contributed by atoms with E-state index in [2.05, 4.69) is 54.3 Å². The number of hydrogen-bond acceptors (Lipinski definition) is 5. The molecule has 8 nitrogen and oxygen atoms in total. The molecule has 1 aromatic carbocycles. The average Bonchev–Trinajstić information content (AvgIpc) is 3.13. The summed E-state index contributed by atoms with van der Waals surface area (Å²) in [5.41, 5.74) is 2.30. The summed E-state index contributed by atoms with van der Waals surface area (Å²) < 4.78 is 7.38. The van der Waals surface area contributed by atoms with Crippen molar-refractivity contribution in [1.29, 1.82) is 0 Å². The van der Waals surface area contributed by atoms with Gasteiger partial charge in [0, 0.05) is 5.52 Å². The number of tetrazole rings is 1. The van der Waals surface area contributed by atoms with Gasteiger partial charge in [0.05, 0.1) is 24.3 Å². The highest BCUT2D eigenvalue weighted by atomic mass is 16.5. The Kier molecular flexibility index (Phi) is 4.76. The average molecular weight is 383 g/mol. The Balaban J connectivity index is 1.92. The largest absolute Gasteiger partial charge is 0.370 e. The van der Waals surface area contributed by atoms with Crippen LogP contribution in [-0.4, -0.2) is 51.5 Å². The predicted molar refractivity (Wildman–Crippen MR) is 105 cm³/mol. The molecule has 1 aliphatic heterocycles. The van der Waals surface area contributed by atoms with Gasteiger partial charge in [-0.3, -0.25) is 4.79 Å². The van der Waals surface area contributed by atoms with Crippen molar-refractivity contribution in [1.82, 2.24) is 25.2 Å². The van der Waals surface area contributed by atoms with E-state index in [1.165, 1.54) is 4.90 Å². The van der Waals surface area contributed by atoms with Crippen molar-refractivity contribution in [3.63, 3.8) is 0 Å². The zero-order chi connectivity index (χ0) is 19.9. The van der Waals surface area contributed by atoms with Crippen LogP contribution < -0.4 is 10.5 Å². The molecule has 3 heterocycles. The van der Waals surface area contributed by atoms with Crippen LogP contribution in [0.3, 0.4) is 0 Å². The van der Waals surface area contributed by atoms with E-state index < -0.39 is 0 Å². The number of nitrogens with one attached hydrogen (secondary N) is 2. The lowest BCUT2D eigenvalue weighted by Crippen LogP contribution is -3.14. The van der Waals surface area contributed by atoms with Crippen molar-refractivity contribution in [2.75, 3.05) is 26.3 Å². The summed E-state index contributed by atoms with van der Waals surface area (Å²) in [5.74, 6) is 0.710. The SMILES string of the molecule is Cc1ccc2[nH]c(=O)c([C@@H](c3nnnn3C(C)(C)C)[NH+]3CCOCC3)cc2c1. The van der Waals surface area contributed by atoms with E-state index >= 15 is 0 Å². The monoisotopic (exact) mass is 383 g/mol. The fraction of sp³-hybridized carbons (Fsp3) is 0.500. The Labute approximate surface area is 163 Å². The van der Waals surface area contributed by atoms with E-state index in [4.69, 9.17) is 4.74 Å². The molecule has 2 N–H and O–H groups in total. The standard InChI is InChI=1S/C20H26N6O2/c1-13-5-6-16-14(11-13)12-15(19(27)21-16)17(25-7-9-28-10-8-25)18-22-23-24-26(18)20(2,3)4/h5-6,11-12,17H,7-10H2,1-4H3,(H,21,27)/p+1/t17-/m0/s1. The van der Waals surface area contributed by atoms with E-state index in [1.807, 2.05) is 22.9 Å². The lowest BCUT2D eigenvalue weighted by atomic mass is 10.0. The van der Waals surface area contributed by atoms with Crippen LogP contribution in [0.5, 0.6) is 0 Å². The zero-order valence-corrected chi connectivity index (χ0v) is 16.8. The number of ether oxygens (including phenoxy) is 1. The van der Waals surface area contributed by atoms with Crippen molar-refractivity contribution in [3.05, 3.63) is 51.6 Å². The van der Waals surface area contributed by atoms with Crippen LogP contribution in [0.4, 0.5) is 0 Å². The normalized spacial score (nSPS) is 17.1. The predicted octanol–water partition coefficient (Wildman–Crippen LogP) is 0.583. The molecule has 1 saturated heterocycles. The van der Waals surface area contributed by atoms with Crippen molar-refractivity contribution in [2.45, 2.75) is 39.3 Å². The number of morpholine rings is 1. The smallest absolute Gasteiger partial charge is 0.258 e. The molecule has 28 heavy (non-hydrogen) atoms. The summed E-state index contributed by atoms with van der Waals surface area (Å²) in [6.07, 6.45) is 0. The van der Waals surface area contributed by atoms with Crippen LogP contribution in [-0.2, 0) is 10.3 Å². The third kappa shape index (κ3) is 3.45. The highest BCUT2D eigenvalue weighted by Gasteiger charge is 2.37. The highest BCUT2D eigenvalue weighted by Crippen LogP contribution is 2.23. The second-order valence-corrected chi connectivity index (χ2v) is 8.47. The Morgan fingerprint density at radius 1 is 1.21 bits per heavy atom. The van der Waals surface area contributed by atoms with Gasteiger partial charge >= 0.3 is 0 Å². The number of nitrogens with zero attached hydrogens (tertiary/aromatic N) is 4. The molecule has 0 spiro atoms. The summed E-state index contributed by atoms with van der Waals surface area (Å²) in [7, 11) is 0. The molecule has 1 atom stereocenters. The molecule has 0 saturated carbocycles. The molecule has 4 rings (SSSR count). The molecule has 0 amide bonds. The molecule has 1 aliphatic rings. The van der Waals surface area contributed by atoms with Crippen LogP contribution in [0.2, 0.25) is 0 Å². The molecule has 0 radical (unpaired) electrons. The first-order chi connectivity index (χ1) is 13.3. The first-order valence-electron chi connectivity index (χ1n) is 9.69. The third-order valence-corrected chi connectivity index (χ3v) is 5.27. The fourth-order valence-electron chi connectivity index (χ4n) is 3.87. The van der Waals surface area contributed by atoms with Crippen LogP contribution in [0.15, 0.2) is 29.1 Å². The van der Waals surface area contributed by atoms with E-state index in [1.54, 1.807) is 0 Å². The molecular formula is C20H27N6O2+. The van der Waals surface area contributed by atoms with Crippen LogP contribution in [0.25, 0.3) is 10.9 Å². The van der Waals surface area contributed by atoms with Gasteiger partial charge in [0.15, 0.2) is 6.04 Å². The zero-order valence-electron chi connectivity index (χ0n) is 16.8. The molecule has 3 aromatic rings. The summed E-state index contributed by atoms with van der Waals surface area (Å²) in [4.78, 5) is 17.4. The quantitative estimate of drug-likeness (QED) is 0.691. The number of aromatic amines is 1. The van der Waals surface area contributed by atoms with E-state index in [0.717, 1.165) is 29.6 Å². The minimum Gasteiger partial charge on any atom is -0.370 e. The van der Waals surface area contributed by atoms with Crippen LogP contribution >= 0.6 is 0 Å². The number of H-pyrrole nitrogens is 1. The lowest BCUT2D eigenvalue weighted by Gasteiger charge is -2.32. The third-order valence-electron chi connectivity index (χ3n) is 5.27. The van der Waals surface area contributed by atoms with Gasteiger partial charge in [0.2, 0.25) is 5.82 Å². The summed E-state index contributed by atoms with van der Waals surface area (Å²) in [6, 6.07) is 7.78. The molecule has 8 heteroatoms. The Bertz CT molecular complexity index is 1040. The molecule has 0 bridgehead atoms. The van der Waals surface area contributed by atoms with Gasteiger partial charge in [-0.15, -0.1) is 5.10 Å². The minimum absolute atomic E-state index is 0.0937. The molecule has 1 fully saturated rings. The Morgan fingerprint density at radius 3 is 2.68 bits per heavy atom. The molecule has 2 aromatic heterocycles. The summed E-state index contributed by atoms with van der Waals surface area (Å²) in [6.45, 7) is 11.2.